The van der Waals surface area contributed by atoms with Crippen LogP contribution in [0.2, 0.25) is 0 Å². The van der Waals surface area contributed by atoms with Crippen LogP contribution in [0.15, 0.2) is 58.4 Å². The van der Waals surface area contributed by atoms with E-state index in [9.17, 15) is 10.0 Å². The minimum atomic E-state index is -0.153. The van der Waals surface area contributed by atoms with Crippen molar-refractivity contribution in [3.05, 3.63) is 65.7 Å². The van der Waals surface area contributed by atoms with Gasteiger partial charge in [0.15, 0.2) is 5.76 Å². The standard InChI is InChI=1S/C24H26N4O3/c1-27(2)12-13-28(3)24(29)22-15-20(16-8-10-25-11-9-16)23(31-22)18-4-6-19-17(14-18)5-7-21(19)26-30/h4,6,8-11,14-15,30H,5,7,12-13H2,1-3H3/b26-21+. The molecule has 0 saturated heterocycles. The fourth-order valence-electron chi connectivity index (χ4n) is 3.81. The molecule has 0 aliphatic heterocycles. The number of amides is 1. The topological polar surface area (TPSA) is 82.2 Å². The predicted octanol–water partition coefficient (Wildman–Crippen LogP) is 3.77. The summed E-state index contributed by atoms with van der Waals surface area (Å²) in [6.07, 6.45) is 4.98. The van der Waals surface area contributed by atoms with Crippen LogP contribution in [-0.4, -0.2) is 65.8 Å². The van der Waals surface area contributed by atoms with Crippen molar-refractivity contribution in [2.24, 2.45) is 5.16 Å². The number of likely N-dealkylation sites (N-methyl/N-ethyl adjacent to an activating group) is 2. The van der Waals surface area contributed by atoms with Gasteiger partial charge < -0.3 is 19.4 Å². The fourth-order valence-corrected chi connectivity index (χ4v) is 3.81. The minimum absolute atomic E-state index is 0.153. The molecule has 160 valence electrons. The van der Waals surface area contributed by atoms with Gasteiger partial charge in [0.25, 0.3) is 5.91 Å². The van der Waals surface area contributed by atoms with Crippen molar-refractivity contribution in [1.29, 1.82) is 0 Å². The van der Waals surface area contributed by atoms with Crippen molar-refractivity contribution in [3.63, 3.8) is 0 Å². The van der Waals surface area contributed by atoms with Gasteiger partial charge in [0.2, 0.25) is 0 Å². The molecule has 3 aromatic rings. The normalized spacial score (nSPS) is 14.3. The summed E-state index contributed by atoms with van der Waals surface area (Å²) in [5.74, 6) is 0.799. The van der Waals surface area contributed by atoms with Crippen molar-refractivity contribution in [1.82, 2.24) is 14.8 Å². The molecule has 7 nitrogen and oxygen atoms in total. The molecule has 1 aromatic carbocycles. The first-order valence-electron chi connectivity index (χ1n) is 10.3. The molecule has 1 aliphatic rings. The van der Waals surface area contributed by atoms with E-state index >= 15 is 0 Å². The summed E-state index contributed by atoms with van der Waals surface area (Å²) in [6.45, 7) is 1.38. The number of aromatic nitrogens is 1. The summed E-state index contributed by atoms with van der Waals surface area (Å²) in [6, 6.07) is 11.6. The van der Waals surface area contributed by atoms with Gasteiger partial charge in [-0.25, -0.2) is 0 Å². The summed E-state index contributed by atoms with van der Waals surface area (Å²) < 4.78 is 6.15. The van der Waals surface area contributed by atoms with Crippen LogP contribution in [0.3, 0.4) is 0 Å². The molecule has 1 N–H and O–H groups in total. The number of pyridine rings is 1. The van der Waals surface area contributed by atoms with Crippen LogP contribution < -0.4 is 0 Å². The second-order valence-corrected chi connectivity index (χ2v) is 8.04. The highest BCUT2D eigenvalue weighted by Crippen LogP contribution is 2.37. The van der Waals surface area contributed by atoms with Crippen molar-refractivity contribution >= 4 is 11.6 Å². The molecule has 31 heavy (non-hydrogen) atoms. The van der Waals surface area contributed by atoms with Gasteiger partial charge in [-0.3, -0.25) is 9.78 Å². The van der Waals surface area contributed by atoms with E-state index in [2.05, 4.69) is 16.2 Å². The molecule has 2 aromatic heterocycles. The van der Waals surface area contributed by atoms with Crippen LogP contribution in [-0.2, 0) is 6.42 Å². The Kier molecular flexibility index (Phi) is 5.86. The Bertz CT molecular complexity index is 1120. The summed E-state index contributed by atoms with van der Waals surface area (Å²) in [4.78, 5) is 20.8. The minimum Gasteiger partial charge on any atom is -0.450 e. The Morgan fingerprint density at radius 3 is 2.52 bits per heavy atom. The number of benzene rings is 1. The average Bonchev–Trinajstić information content (AvgIpc) is 3.41. The van der Waals surface area contributed by atoms with Crippen molar-refractivity contribution in [2.75, 3.05) is 34.2 Å². The summed E-state index contributed by atoms with van der Waals surface area (Å²) in [5, 5.41) is 12.6. The number of fused-ring (bicyclic) bond motifs is 1. The number of nitrogens with zero attached hydrogens (tertiary/aromatic N) is 4. The van der Waals surface area contributed by atoms with Crippen molar-refractivity contribution < 1.29 is 14.4 Å². The molecule has 1 aliphatic carbocycles. The number of rotatable bonds is 6. The third-order valence-corrected chi connectivity index (χ3v) is 5.59. The molecule has 0 spiro atoms. The monoisotopic (exact) mass is 418 g/mol. The maximum atomic E-state index is 13.0. The van der Waals surface area contributed by atoms with Gasteiger partial charge in [0, 0.05) is 49.2 Å². The highest BCUT2D eigenvalue weighted by molar-refractivity contribution is 6.04. The molecule has 1 amide bonds. The van der Waals surface area contributed by atoms with Gasteiger partial charge in [-0.05, 0) is 62.3 Å². The lowest BCUT2D eigenvalue weighted by Crippen LogP contribution is -2.33. The van der Waals surface area contributed by atoms with Crippen LogP contribution in [0.25, 0.3) is 22.5 Å². The lowest BCUT2D eigenvalue weighted by Gasteiger charge is -2.18. The first-order valence-corrected chi connectivity index (χ1v) is 10.3. The van der Waals surface area contributed by atoms with E-state index < -0.39 is 0 Å². The molecular formula is C24H26N4O3. The van der Waals surface area contributed by atoms with Crippen molar-refractivity contribution in [3.8, 4) is 22.5 Å². The smallest absolute Gasteiger partial charge is 0.289 e. The van der Waals surface area contributed by atoms with Crippen LogP contribution >= 0.6 is 0 Å². The van der Waals surface area contributed by atoms with Crippen LogP contribution in [0, 0.1) is 0 Å². The summed E-state index contributed by atoms with van der Waals surface area (Å²) in [7, 11) is 5.74. The Labute approximate surface area is 181 Å². The van der Waals surface area contributed by atoms with Crippen LogP contribution in [0.4, 0.5) is 0 Å². The lowest BCUT2D eigenvalue weighted by molar-refractivity contribution is 0.0756. The van der Waals surface area contributed by atoms with E-state index in [-0.39, 0.29) is 5.91 Å². The zero-order chi connectivity index (χ0) is 22.0. The molecule has 0 saturated carbocycles. The van der Waals surface area contributed by atoms with E-state index in [1.807, 2.05) is 49.3 Å². The first kappa shape index (κ1) is 20.8. The number of hydrogen-bond donors (Lipinski definition) is 1. The number of oxime groups is 1. The first-order chi connectivity index (χ1) is 15.0. The fraction of sp³-hybridized carbons (Fsp3) is 0.292. The molecule has 0 radical (unpaired) electrons. The van der Waals surface area contributed by atoms with E-state index in [1.165, 1.54) is 0 Å². The molecule has 0 atom stereocenters. The summed E-state index contributed by atoms with van der Waals surface area (Å²) in [5.41, 5.74) is 5.44. The largest absolute Gasteiger partial charge is 0.450 e. The quantitative estimate of drug-likeness (QED) is 0.487. The Hall–Kier alpha value is -3.45. The zero-order valence-electron chi connectivity index (χ0n) is 18.0. The number of furan rings is 1. The molecule has 0 fully saturated rings. The van der Waals surface area contributed by atoms with Gasteiger partial charge in [-0.1, -0.05) is 17.3 Å². The van der Waals surface area contributed by atoms with Crippen molar-refractivity contribution in [2.45, 2.75) is 12.8 Å². The third-order valence-electron chi connectivity index (χ3n) is 5.59. The highest BCUT2D eigenvalue weighted by Gasteiger charge is 2.24. The van der Waals surface area contributed by atoms with Gasteiger partial charge in [0.05, 0.1) is 5.71 Å². The highest BCUT2D eigenvalue weighted by atomic mass is 16.4. The Morgan fingerprint density at radius 1 is 1.03 bits per heavy atom. The maximum absolute atomic E-state index is 13.0. The zero-order valence-corrected chi connectivity index (χ0v) is 18.0. The maximum Gasteiger partial charge on any atom is 0.289 e. The van der Waals surface area contributed by atoms with E-state index in [1.54, 1.807) is 24.3 Å². The Balaban J connectivity index is 1.74. The van der Waals surface area contributed by atoms with E-state index in [0.29, 0.717) is 30.2 Å². The predicted molar refractivity (Wildman–Crippen MR) is 120 cm³/mol. The van der Waals surface area contributed by atoms with E-state index in [4.69, 9.17) is 4.42 Å². The molecule has 7 heteroatoms. The lowest BCUT2D eigenvalue weighted by atomic mass is 9.99. The SMILES string of the molecule is CN(C)CCN(C)C(=O)c1cc(-c2ccncc2)c(-c2ccc3c(c2)CC/C3=N\O)o1. The molecule has 0 unspecified atom stereocenters. The molecular weight excluding hydrogens is 392 g/mol. The van der Waals surface area contributed by atoms with E-state index in [0.717, 1.165) is 40.8 Å². The second kappa shape index (κ2) is 8.73. The third kappa shape index (κ3) is 4.22. The average molecular weight is 418 g/mol. The molecule has 2 heterocycles. The van der Waals surface area contributed by atoms with Gasteiger partial charge in [0.1, 0.15) is 5.76 Å². The Morgan fingerprint density at radius 2 is 1.81 bits per heavy atom. The molecule has 4 rings (SSSR count). The summed E-state index contributed by atoms with van der Waals surface area (Å²) >= 11 is 0. The number of aryl methyl sites for hydroxylation is 1. The van der Waals surface area contributed by atoms with Gasteiger partial charge >= 0.3 is 0 Å². The number of hydrogen-bond acceptors (Lipinski definition) is 6. The number of carbonyl (C=O) groups excluding carboxylic acids is 1. The molecule has 0 bridgehead atoms. The van der Waals surface area contributed by atoms with Crippen LogP contribution in [0.1, 0.15) is 28.1 Å². The number of carbonyl (C=O) groups is 1. The second-order valence-electron chi connectivity index (χ2n) is 8.04. The van der Waals surface area contributed by atoms with Gasteiger partial charge in [-0.15, -0.1) is 0 Å². The van der Waals surface area contributed by atoms with Crippen LogP contribution in [0.5, 0.6) is 0 Å². The van der Waals surface area contributed by atoms with Gasteiger partial charge in [-0.2, -0.15) is 0 Å².